The molecule has 31 heavy (non-hydrogen) atoms. The van der Waals surface area contributed by atoms with Crippen molar-refractivity contribution in [2.75, 3.05) is 13.2 Å². The molecule has 0 unspecified atom stereocenters. The van der Waals surface area contributed by atoms with Gasteiger partial charge in [-0.15, -0.1) is 6.58 Å². The van der Waals surface area contributed by atoms with Crippen LogP contribution in [0.15, 0.2) is 60.7 Å². The highest BCUT2D eigenvalue weighted by atomic mass is 16.5. The van der Waals surface area contributed by atoms with Crippen LogP contribution >= 0.6 is 0 Å². The molecule has 2 N–H and O–H groups in total. The van der Waals surface area contributed by atoms with Crippen molar-refractivity contribution >= 4 is 18.0 Å². The summed E-state index contributed by atoms with van der Waals surface area (Å²) >= 11 is 0. The van der Waals surface area contributed by atoms with Gasteiger partial charge in [0.1, 0.15) is 11.6 Å². The predicted octanol–water partition coefficient (Wildman–Crippen LogP) is 3.50. The molecule has 0 saturated heterocycles. The van der Waals surface area contributed by atoms with Gasteiger partial charge in [-0.1, -0.05) is 36.4 Å². The summed E-state index contributed by atoms with van der Waals surface area (Å²) in [6, 6.07) is 14.6. The number of rotatable bonds is 11. The largest absolute Gasteiger partial charge is 0.490 e. The summed E-state index contributed by atoms with van der Waals surface area (Å²) in [4.78, 5) is 23.4. The summed E-state index contributed by atoms with van der Waals surface area (Å²) in [5, 5.41) is 21.2. The maximum absolute atomic E-state index is 12.5. The Kier molecular flexibility index (Phi) is 8.87. The lowest BCUT2D eigenvalue weighted by Crippen LogP contribution is -2.23. The third-order valence-electron chi connectivity index (χ3n) is 4.13. The molecule has 2 aromatic carbocycles. The Balaban J connectivity index is 2.33. The van der Waals surface area contributed by atoms with Gasteiger partial charge in [0.25, 0.3) is 5.91 Å². The minimum Gasteiger partial charge on any atom is -0.490 e. The molecule has 7 nitrogen and oxygen atoms in total. The molecule has 0 aliphatic carbocycles. The van der Waals surface area contributed by atoms with E-state index in [1.807, 2.05) is 36.4 Å². The van der Waals surface area contributed by atoms with Gasteiger partial charge in [-0.25, -0.2) is 4.79 Å². The van der Waals surface area contributed by atoms with Crippen molar-refractivity contribution in [2.45, 2.75) is 19.9 Å². The molecule has 0 heterocycles. The van der Waals surface area contributed by atoms with Crippen LogP contribution in [-0.2, 0) is 22.6 Å². The van der Waals surface area contributed by atoms with Crippen LogP contribution in [0.2, 0.25) is 0 Å². The number of ether oxygens (including phenoxy) is 2. The van der Waals surface area contributed by atoms with E-state index in [0.717, 1.165) is 5.56 Å². The number of hydrogen-bond acceptors (Lipinski definition) is 5. The van der Waals surface area contributed by atoms with Gasteiger partial charge in [0, 0.05) is 12.1 Å². The average molecular weight is 420 g/mol. The molecule has 2 rings (SSSR count). The summed E-state index contributed by atoms with van der Waals surface area (Å²) in [7, 11) is 0. The van der Waals surface area contributed by atoms with Crippen molar-refractivity contribution in [1.82, 2.24) is 5.32 Å². The number of aliphatic carboxylic acids is 1. The molecule has 1 amide bonds. The molecule has 0 aliphatic heterocycles. The second-order valence-corrected chi connectivity index (χ2v) is 6.45. The number of nitrogens with one attached hydrogen (secondary N) is 1. The maximum Gasteiger partial charge on any atom is 0.341 e. The Hall–Kier alpha value is -4.05. The highest BCUT2D eigenvalue weighted by molar-refractivity contribution is 6.01. The minimum absolute atomic E-state index is 0.0675. The van der Waals surface area contributed by atoms with Gasteiger partial charge in [0.15, 0.2) is 18.1 Å². The molecular formula is C24H24N2O5. The Bertz CT molecular complexity index is 1010. The van der Waals surface area contributed by atoms with Crippen molar-refractivity contribution in [1.29, 1.82) is 5.26 Å². The van der Waals surface area contributed by atoms with Gasteiger partial charge in [-0.05, 0) is 42.7 Å². The van der Waals surface area contributed by atoms with Crippen LogP contribution in [0.4, 0.5) is 0 Å². The van der Waals surface area contributed by atoms with E-state index in [0.29, 0.717) is 42.2 Å². The van der Waals surface area contributed by atoms with Gasteiger partial charge in [-0.2, -0.15) is 5.26 Å². The van der Waals surface area contributed by atoms with Crippen LogP contribution in [0.25, 0.3) is 6.08 Å². The maximum atomic E-state index is 12.5. The first kappa shape index (κ1) is 23.2. The van der Waals surface area contributed by atoms with Gasteiger partial charge in [0.05, 0.1) is 6.61 Å². The Labute approximate surface area is 181 Å². The molecule has 0 radical (unpaired) electrons. The molecule has 0 aromatic heterocycles. The number of carboxylic acid groups (broad SMARTS) is 1. The van der Waals surface area contributed by atoms with Crippen LogP contribution in [0, 0.1) is 11.3 Å². The Morgan fingerprint density at radius 2 is 1.97 bits per heavy atom. The molecule has 0 saturated carbocycles. The number of amides is 1. The third kappa shape index (κ3) is 7.05. The highest BCUT2D eigenvalue weighted by Crippen LogP contribution is 2.34. The molecule has 2 aromatic rings. The fraction of sp³-hybridized carbons (Fsp3) is 0.208. The number of nitrogens with zero attached hydrogens (tertiary/aromatic N) is 1. The molecule has 0 fully saturated rings. The normalized spacial score (nSPS) is 10.6. The summed E-state index contributed by atoms with van der Waals surface area (Å²) in [5.74, 6) is -0.983. The van der Waals surface area contributed by atoms with E-state index in [-0.39, 0.29) is 5.57 Å². The topological polar surface area (TPSA) is 109 Å². The molecule has 0 spiro atoms. The summed E-state index contributed by atoms with van der Waals surface area (Å²) in [6.45, 7) is 5.60. The lowest BCUT2D eigenvalue weighted by Gasteiger charge is -2.16. The second kappa shape index (κ2) is 11.8. The highest BCUT2D eigenvalue weighted by Gasteiger charge is 2.16. The number of carbonyl (C=O) groups excluding carboxylic acids is 1. The van der Waals surface area contributed by atoms with E-state index in [9.17, 15) is 14.9 Å². The Morgan fingerprint density at radius 1 is 1.23 bits per heavy atom. The second-order valence-electron chi connectivity index (χ2n) is 6.45. The molecule has 0 atom stereocenters. The van der Waals surface area contributed by atoms with E-state index in [1.54, 1.807) is 25.1 Å². The zero-order valence-electron chi connectivity index (χ0n) is 17.3. The number of allylic oxidation sites excluding steroid dienone is 1. The van der Waals surface area contributed by atoms with Crippen molar-refractivity contribution in [2.24, 2.45) is 0 Å². The zero-order chi connectivity index (χ0) is 22.6. The summed E-state index contributed by atoms with van der Waals surface area (Å²) in [6.07, 6.45) is 3.49. The van der Waals surface area contributed by atoms with Crippen LogP contribution < -0.4 is 14.8 Å². The minimum atomic E-state index is -1.11. The van der Waals surface area contributed by atoms with E-state index in [4.69, 9.17) is 14.6 Å². The summed E-state index contributed by atoms with van der Waals surface area (Å²) < 4.78 is 11.0. The van der Waals surface area contributed by atoms with E-state index in [2.05, 4.69) is 11.9 Å². The smallest absolute Gasteiger partial charge is 0.341 e. The summed E-state index contributed by atoms with van der Waals surface area (Å²) in [5.41, 5.74) is 2.03. The molecule has 0 bridgehead atoms. The SMILES string of the molecule is C=CCc1cc(/C=C(\C#N)C(=O)NCc2ccccc2)cc(OCC)c1OCC(=O)O. The van der Waals surface area contributed by atoms with E-state index >= 15 is 0 Å². The van der Waals surface area contributed by atoms with Crippen LogP contribution in [0.3, 0.4) is 0 Å². The van der Waals surface area contributed by atoms with Crippen molar-refractivity contribution < 1.29 is 24.2 Å². The number of carbonyl (C=O) groups is 2. The molecule has 7 heteroatoms. The van der Waals surface area contributed by atoms with Crippen molar-refractivity contribution in [3.05, 3.63) is 77.4 Å². The van der Waals surface area contributed by atoms with Gasteiger partial charge in [-0.3, -0.25) is 4.79 Å². The fourth-order valence-corrected chi connectivity index (χ4v) is 2.82. The number of benzene rings is 2. The van der Waals surface area contributed by atoms with Crippen molar-refractivity contribution in [3.63, 3.8) is 0 Å². The number of carboxylic acids is 1. The first-order valence-corrected chi connectivity index (χ1v) is 9.67. The van der Waals surface area contributed by atoms with Crippen molar-refractivity contribution in [3.8, 4) is 17.6 Å². The first-order chi connectivity index (χ1) is 15.0. The number of hydrogen-bond donors (Lipinski definition) is 2. The van der Waals surface area contributed by atoms with E-state index < -0.39 is 18.5 Å². The monoisotopic (exact) mass is 420 g/mol. The molecular weight excluding hydrogens is 396 g/mol. The third-order valence-corrected chi connectivity index (χ3v) is 4.13. The van der Waals surface area contributed by atoms with Crippen LogP contribution in [0.1, 0.15) is 23.6 Å². The van der Waals surface area contributed by atoms with E-state index in [1.165, 1.54) is 6.08 Å². The fourth-order valence-electron chi connectivity index (χ4n) is 2.82. The lowest BCUT2D eigenvalue weighted by molar-refractivity contribution is -0.139. The number of nitriles is 1. The first-order valence-electron chi connectivity index (χ1n) is 9.67. The quantitative estimate of drug-likeness (QED) is 0.327. The standard InChI is InChI=1S/C24H24N2O5/c1-3-8-19-11-18(13-21(30-4-2)23(19)31-16-22(27)28)12-20(14-25)24(29)26-15-17-9-6-5-7-10-17/h3,5-7,9-13H,1,4,8,15-16H2,2H3,(H,26,29)(H,27,28)/b20-12+. The van der Waals surface area contributed by atoms with Gasteiger partial charge >= 0.3 is 5.97 Å². The van der Waals surface area contributed by atoms with Crippen LogP contribution in [-0.4, -0.2) is 30.2 Å². The van der Waals surface area contributed by atoms with Gasteiger partial charge in [0.2, 0.25) is 0 Å². The van der Waals surface area contributed by atoms with Gasteiger partial charge < -0.3 is 19.9 Å². The molecule has 0 aliphatic rings. The lowest BCUT2D eigenvalue weighted by atomic mass is 10.0. The van der Waals surface area contributed by atoms with Crippen LogP contribution in [0.5, 0.6) is 11.5 Å². The Morgan fingerprint density at radius 3 is 2.58 bits per heavy atom. The molecule has 160 valence electrons. The zero-order valence-corrected chi connectivity index (χ0v) is 17.3. The predicted molar refractivity (Wildman–Crippen MR) is 117 cm³/mol. The average Bonchev–Trinajstić information content (AvgIpc) is 2.76.